The van der Waals surface area contributed by atoms with Crippen LogP contribution in [0, 0.1) is 0 Å². The standard InChI is InChI=1S/C15H27N3O/c1-4-16-13(15(3)8-6-7-11-19-15)12-14-17-9-10-18(14)5-2/h9-10,13,16H,4-8,11-12H2,1-3H3. The minimum atomic E-state index is -0.0568. The molecule has 1 aromatic rings. The molecule has 0 aromatic carbocycles. The topological polar surface area (TPSA) is 39.1 Å². The average Bonchev–Trinajstić information content (AvgIpc) is 2.86. The summed E-state index contributed by atoms with van der Waals surface area (Å²) >= 11 is 0. The molecule has 108 valence electrons. The van der Waals surface area contributed by atoms with E-state index in [1.54, 1.807) is 0 Å². The van der Waals surface area contributed by atoms with E-state index >= 15 is 0 Å². The smallest absolute Gasteiger partial charge is 0.110 e. The first-order valence-electron chi connectivity index (χ1n) is 7.57. The Morgan fingerprint density at radius 2 is 2.32 bits per heavy atom. The van der Waals surface area contributed by atoms with Crippen molar-refractivity contribution in [2.24, 2.45) is 0 Å². The lowest BCUT2D eigenvalue weighted by Crippen LogP contribution is -2.53. The number of hydrogen-bond acceptors (Lipinski definition) is 3. The van der Waals surface area contributed by atoms with Crippen LogP contribution in [0.3, 0.4) is 0 Å². The van der Waals surface area contributed by atoms with Gasteiger partial charge in [0.05, 0.1) is 5.60 Å². The van der Waals surface area contributed by atoms with Crippen molar-refractivity contribution in [3.63, 3.8) is 0 Å². The van der Waals surface area contributed by atoms with Crippen molar-refractivity contribution in [1.29, 1.82) is 0 Å². The highest BCUT2D eigenvalue weighted by Crippen LogP contribution is 2.29. The Kier molecular flexibility index (Phi) is 4.99. The molecule has 2 unspecified atom stereocenters. The Balaban J connectivity index is 2.11. The van der Waals surface area contributed by atoms with Crippen molar-refractivity contribution in [2.75, 3.05) is 13.2 Å². The van der Waals surface area contributed by atoms with Gasteiger partial charge in [0.2, 0.25) is 0 Å². The number of aryl methyl sites for hydroxylation is 1. The third kappa shape index (κ3) is 3.37. The number of ether oxygens (including phenoxy) is 1. The molecule has 19 heavy (non-hydrogen) atoms. The second-order valence-corrected chi connectivity index (χ2v) is 5.56. The highest BCUT2D eigenvalue weighted by Gasteiger charge is 2.37. The van der Waals surface area contributed by atoms with Gasteiger partial charge in [-0.15, -0.1) is 0 Å². The van der Waals surface area contributed by atoms with Crippen molar-refractivity contribution in [3.05, 3.63) is 18.2 Å². The SMILES string of the molecule is CCNC(Cc1nccn1CC)C1(C)CCCCO1. The summed E-state index contributed by atoms with van der Waals surface area (Å²) in [4.78, 5) is 4.50. The van der Waals surface area contributed by atoms with E-state index in [2.05, 4.69) is 41.8 Å². The minimum absolute atomic E-state index is 0.0568. The molecule has 1 aromatic heterocycles. The van der Waals surface area contributed by atoms with Crippen molar-refractivity contribution in [2.45, 2.75) is 64.6 Å². The molecule has 0 radical (unpaired) electrons. The van der Waals surface area contributed by atoms with E-state index in [1.165, 1.54) is 12.8 Å². The zero-order chi connectivity index (χ0) is 13.7. The first kappa shape index (κ1) is 14.5. The molecule has 1 fully saturated rings. The lowest BCUT2D eigenvalue weighted by atomic mass is 9.86. The van der Waals surface area contributed by atoms with Crippen LogP contribution in [0.4, 0.5) is 0 Å². The summed E-state index contributed by atoms with van der Waals surface area (Å²) in [6.45, 7) is 9.40. The number of nitrogens with zero attached hydrogens (tertiary/aromatic N) is 2. The fraction of sp³-hybridized carbons (Fsp3) is 0.800. The number of rotatable bonds is 6. The van der Waals surface area contributed by atoms with E-state index in [1.807, 2.05) is 6.20 Å². The first-order chi connectivity index (χ1) is 9.19. The van der Waals surface area contributed by atoms with Crippen molar-refractivity contribution in [1.82, 2.24) is 14.9 Å². The zero-order valence-corrected chi connectivity index (χ0v) is 12.5. The summed E-state index contributed by atoms with van der Waals surface area (Å²) in [5, 5.41) is 3.60. The molecule has 2 atom stereocenters. The van der Waals surface area contributed by atoms with E-state index in [4.69, 9.17) is 4.74 Å². The quantitative estimate of drug-likeness (QED) is 0.858. The molecule has 0 aliphatic carbocycles. The van der Waals surface area contributed by atoms with Gasteiger partial charge in [0.15, 0.2) is 0 Å². The number of nitrogens with one attached hydrogen (secondary N) is 1. The number of aromatic nitrogens is 2. The predicted molar refractivity (Wildman–Crippen MR) is 77.3 cm³/mol. The normalized spacial score (nSPS) is 25.4. The van der Waals surface area contributed by atoms with Crippen LogP contribution < -0.4 is 5.32 Å². The largest absolute Gasteiger partial charge is 0.374 e. The molecule has 1 N–H and O–H groups in total. The van der Waals surface area contributed by atoms with Gasteiger partial charge in [0, 0.05) is 38.0 Å². The van der Waals surface area contributed by atoms with Gasteiger partial charge in [0.25, 0.3) is 0 Å². The van der Waals surface area contributed by atoms with Gasteiger partial charge in [-0.05, 0) is 39.7 Å². The summed E-state index contributed by atoms with van der Waals surface area (Å²) in [5.41, 5.74) is -0.0568. The Morgan fingerprint density at radius 3 is 2.95 bits per heavy atom. The van der Waals surface area contributed by atoms with Crippen LogP contribution in [0.1, 0.15) is 45.9 Å². The van der Waals surface area contributed by atoms with Crippen LogP contribution in [0.5, 0.6) is 0 Å². The second-order valence-electron chi connectivity index (χ2n) is 5.56. The summed E-state index contributed by atoms with van der Waals surface area (Å²) < 4.78 is 8.32. The maximum atomic E-state index is 6.10. The number of likely N-dealkylation sites (N-methyl/N-ethyl adjacent to an activating group) is 1. The van der Waals surface area contributed by atoms with E-state index in [0.29, 0.717) is 6.04 Å². The molecular weight excluding hydrogens is 238 g/mol. The van der Waals surface area contributed by atoms with Crippen LogP contribution in [-0.2, 0) is 17.7 Å². The monoisotopic (exact) mass is 265 g/mol. The predicted octanol–water partition coefficient (Wildman–Crippen LogP) is 2.38. The summed E-state index contributed by atoms with van der Waals surface area (Å²) in [7, 11) is 0. The molecule has 4 nitrogen and oxygen atoms in total. The van der Waals surface area contributed by atoms with Crippen LogP contribution in [0.15, 0.2) is 12.4 Å². The third-order valence-electron chi connectivity index (χ3n) is 4.22. The fourth-order valence-corrected chi connectivity index (χ4v) is 2.98. The van der Waals surface area contributed by atoms with Crippen molar-refractivity contribution >= 4 is 0 Å². The van der Waals surface area contributed by atoms with Crippen molar-refractivity contribution in [3.8, 4) is 0 Å². The van der Waals surface area contributed by atoms with E-state index in [9.17, 15) is 0 Å². The van der Waals surface area contributed by atoms with Gasteiger partial charge >= 0.3 is 0 Å². The number of imidazole rings is 1. The molecule has 1 aliphatic heterocycles. The van der Waals surface area contributed by atoms with Crippen molar-refractivity contribution < 1.29 is 4.74 Å². The molecular formula is C15H27N3O. The van der Waals surface area contributed by atoms with Gasteiger partial charge in [-0.25, -0.2) is 4.98 Å². The lowest BCUT2D eigenvalue weighted by Gasteiger charge is -2.41. The summed E-state index contributed by atoms with van der Waals surface area (Å²) in [5.74, 6) is 1.16. The third-order valence-corrected chi connectivity index (χ3v) is 4.22. The molecule has 0 spiro atoms. The van der Waals surface area contributed by atoms with E-state index in [0.717, 1.165) is 38.4 Å². The first-order valence-corrected chi connectivity index (χ1v) is 7.57. The van der Waals surface area contributed by atoms with Gasteiger partial charge < -0.3 is 14.6 Å². The van der Waals surface area contributed by atoms with E-state index < -0.39 is 0 Å². The summed E-state index contributed by atoms with van der Waals surface area (Å²) in [6, 6.07) is 0.338. The fourth-order valence-electron chi connectivity index (χ4n) is 2.98. The Bertz CT molecular complexity index is 382. The summed E-state index contributed by atoms with van der Waals surface area (Å²) in [6.07, 6.45) is 8.48. The Morgan fingerprint density at radius 1 is 1.47 bits per heavy atom. The van der Waals surface area contributed by atoms with Gasteiger partial charge in [-0.1, -0.05) is 6.92 Å². The average molecular weight is 265 g/mol. The zero-order valence-electron chi connectivity index (χ0n) is 12.5. The van der Waals surface area contributed by atoms with Gasteiger partial charge in [-0.3, -0.25) is 0 Å². The Hall–Kier alpha value is -0.870. The minimum Gasteiger partial charge on any atom is -0.374 e. The van der Waals surface area contributed by atoms with Gasteiger partial charge in [0.1, 0.15) is 5.82 Å². The van der Waals surface area contributed by atoms with Crippen LogP contribution >= 0.6 is 0 Å². The molecule has 2 rings (SSSR count). The second kappa shape index (κ2) is 6.53. The molecule has 0 bridgehead atoms. The number of hydrogen-bond donors (Lipinski definition) is 1. The van der Waals surface area contributed by atoms with E-state index in [-0.39, 0.29) is 5.60 Å². The van der Waals surface area contributed by atoms with Crippen LogP contribution in [-0.4, -0.2) is 34.3 Å². The van der Waals surface area contributed by atoms with Gasteiger partial charge in [-0.2, -0.15) is 0 Å². The highest BCUT2D eigenvalue weighted by molar-refractivity contribution is 5.01. The molecule has 0 saturated carbocycles. The molecule has 1 saturated heterocycles. The Labute approximate surface area is 116 Å². The maximum absolute atomic E-state index is 6.10. The molecule has 2 heterocycles. The maximum Gasteiger partial charge on any atom is 0.110 e. The van der Waals surface area contributed by atoms with Crippen LogP contribution in [0.25, 0.3) is 0 Å². The molecule has 4 heteroatoms. The molecule has 1 aliphatic rings. The molecule has 0 amide bonds. The highest BCUT2D eigenvalue weighted by atomic mass is 16.5. The van der Waals surface area contributed by atoms with Crippen LogP contribution in [0.2, 0.25) is 0 Å². The lowest BCUT2D eigenvalue weighted by molar-refractivity contribution is -0.0885.